The smallest absolute Gasteiger partial charge is 0.266 e. The van der Waals surface area contributed by atoms with Crippen LogP contribution < -0.4 is 19.8 Å². The Bertz CT molecular complexity index is 1910. The first-order valence-electron chi connectivity index (χ1n) is 17.2. The third-order valence-electron chi connectivity index (χ3n) is 9.18. The Morgan fingerprint density at radius 1 is 0.857 bits per heavy atom. The third-order valence-corrected chi connectivity index (χ3v) is 9.72. The Balaban J connectivity index is 0.885. The summed E-state index contributed by atoms with van der Waals surface area (Å²) in [6.07, 6.45) is 12.6. The van der Waals surface area contributed by atoms with Gasteiger partial charge in [0, 0.05) is 23.8 Å². The van der Waals surface area contributed by atoms with E-state index in [1.165, 1.54) is 17.4 Å². The quantitative estimate of drug-likeness (QED) is 0.115. The van der Waals surface area contributed by atoms with Gasteiger partial charge in [0.1, 0.15) is 11.6 Å². The second-order valence-electron chi connectivity index (χ2n) is 12.6. The minimum Gasteiger partial charge on any atom is -0.494 e. The fourth-order valence-electron chi connectivity index (χ4n) is 6.57. The average Bonchev–Trinajstić information content (AvgIpc) is 3.52. The zero-order chi connectivity index (χ0) is 34.3. The summed E-state index contributed by atoms with van der Waals surface area (Å²) in [5, 5.41) is 1.36. The number of halogens is 2. The number of nitrogens with zero attached hydrogens (tertiary/aromatic N) is 4. The van der Waals surface area contributed by atoms with Crippen LogP contribution in [0.25, 0.3) is 16.6 Å². The molecule has 1 fully saturated rings. The first kappa shape index (κ1) is 34.8. The highest BCUT2D eigenvalue weighted by atomic mass is 35.5. The molecule has 0 radical (unpaired) electrons. The van der Waals surface area contributed by atoms with Crippen LogP contribution in [0.5, 0.6) is 17.2 Å². The molecule has 11 heteroatoms. The van der Waals surface area contributed by atoms with E-state index >= 15 is 0 Å². The van der Waals surface area contributed by atoms with Crippen LogP contribution in [-0.2, 0) is 0 Å². The maximum Gasteiger partial charge on any atom is 0.266 e. The Morgan fingerprint density at radius 3 is 2.33 bits per heavy atom. The van der Waals surface area contributed by atoms with Crippen LogP contribution in [0.2, 0.25) is 10.0 Å². The highest BCUT2D eigenvalue weighted by Gasteiger charge is 2.32. The fraction of sp³-hybridized carbons (Fsp3) is 0.421. The van der Waals surface area contributed by atoms with E-state index in [1.807, 2.05) is 29.3 Å². The van der Waals surface area contributed by atoms with E-state index in [1.54, 1.807) is 44.4 Å². The molecule has 0 N–H and O–H groups in total. The lowest BCUT2D eigenvalue weighted by atomic mass is 10.1. The summed E-state index contributed by atoms with van der Waals surface area (Å²) in [7, 11) is 1.60. The number of hydrogen-bond donors (Lipinski definition) is 0. The molecular weight excluding hydrogens is 663 g/mol. The van der Waals surface area contributed by atoms with Crippen LogP contribution in [-0.4, -0.2) is 59.5 Å². The molecule has 1 aromatic heterocycles. The first-order chi connectivity index (χ1) is 23.8. The average molecular weight is 706 g/mol. The van der Waals surface area contributed by atoms with Gasteiger partial charge < -0.3 is 19.1 Å². The number of aryl methyl sites for hydroxylation is 1. The number of carbonyl (C=O) groups is 1. The molecule has 1 atom stereocenters. The molecule has 258 valence electrons. The number of aromatic nitrogens is 2. The van der Waals surface area contributed by atoms with Gasteiger partial charge in [-0.25, -0.2) is 4.98 Å². The van der Waals surface area contributed by atoms with E-state index in [0.29, 0.717) is 74.2 Å². The van der Waals surface area contributed by atoms with Crippen LogP contribution in [0.15, 0.2) is 58.3 Å². The molecule has 0 spiro atoms. The summed E-state index contributed by atoms with van der Waals surface area (Å²) >= 11 is 12.5. The largest absolute Gasteiger partial charge is 0.494 e. The molecule has 3 heterocycles. The Morgan fingerprint density at radius 2 is 1.59 bits per heavy atom. The van der Waals surface area contributed by atoms with Gasteiger partial charge in [0.25, 0.3) is 11.5 Å². The molecule has 2 aliphatic heterocycles. The van der Waals surface area contributed by atoms with Crippen molar-refractivity contribution in [3.63, 3.8) is 0 Å². The second-order valence-corrected chi connectivity index (χ2v) is 13.4. The molecule has 49 heavy (non-hydrogen) atoms. The molecule has 9 nitrogen and oxygen atoms in total. The molecule has 1 amide bonds. The number of ether oxygens (including phenoxy) is 3. The molecule has 0 bridgehead atoms. The minimum absolute atomic E-state index is 0.0134. The molecule has 0 saturated carbocycles. The summed E-state index contributed by atoms with van der Waals surface area (Å²) in [6, 6.07) is 14.2. The number of carbonyl (C=O) groups excluding carboxylic acids is 1. The van der Waals surface area contributed by atoms with E-state index in [9.17, 15) is 9.59 Å². The van der Waals surface area contributed by atoms with Gasteiger partial charge in [-0.1, -0.05) is 61.7 Å². The molecule has 0 aliphatic carbocycles. The van der Waals surface area contributed by atoms with E-state index < -0.39 is 0 Å². The van der Waals surface area contributed by atoms with Crippen molar-refractivity contribution in [1.29, 1.82) is 0 Å². The molecule has 3 aromatic carbocycles. The predicted molar refractivity (Wildman–Crippen MR) is 195 cm³/mol. The summed E-state index contributed by atoms with van der Waals surface area (Å²) in [5.74, 6) is 2.40. The monoisotopic (exact) mass is 704 g/mol. The maximum atomic E-state index is 13.4. The second kappa shape index (κ2) is 16.1. The molecule has 2 aliphatic rings. The van der Waals surface area contributed by atoms with Gasteiger partial charge in [0.2, 0.25) is 0 Å². The SMILES string of the molecule is COc1cc2c(cc1OCCCCCCCCCCOc1ccc3nc(C)n(-c4ccc(Cl)cc4Cl)c(=O)c3c1)N=C[C@@H]1CCCN1C2=O. The van der Waals surface area contributed by atoms with E-state index in [-0.39, 0.29) is 17.5 Å². The molecule has 4 aromatic rings. The van der Waals surface area contributed by atoms with Crippen molar-refractivity contribution in [3.8, 4) is 22.9 Å². The maximum absolute atomic E-state index is 13.4. The molecular formula is C38H42Cl2N4O5. The van der Waals surface area contributed by atoms with Gasteiger partial charge in [-0.15, -0.1) is 0 Å². The fourth-order valence-corrected chi connectivity index (χ4v) is 7.06. The topological polar surface area (TPSA) is 95.2 Å². The van der Waals surface area contributed by atoms with Crippen LogP contribution in [0.4, 0.5) is 5.69 Å². The van der Waals surface area contributed by atoms with Gasteiger partial charge >= 0.3 is 0 Å². The Kier molecular flexibility index (Phi) is 11.4. The number of aliphatic imine (C=N–C) groups is 1. The van der Waals surface area contributed by atoms with E-state index in [2.05, 4.69) is 9.98 Å². The van der Waals surface area contributed by atoms with Gasteiger partial charge in [0.05, 0.1) is 59.2 Å². The Labute approximate surface area is 296 Å². The zero-order valence-electron chi connectivity index (χ0n) is 28.1. The van der Waals surface area contributed by atoms with Crippen molar-refractivity contribution in [3.05, 3.63) is 80.3 Å². The lowest BCUT2D eigenvalue weighted by Gasteiger charge is -2.20. The number of rotatable bonds is 15. The number of fused-ring (bicyclic) bond motifs is 3. The van der Waals surface area contributed by atoms with Crippen molar-refractivity contribution in [1.82, 2.24) is 14.5 Å². The molecule has 1 saturated heterocycles. The third kappa shape index (κ3) is 8.05. The summed E-state index contributed by atoms with van der Waals surface area (Å²) in [5.41, 5.74) is 2.18. The first-order valence-corrected chi connectivity index (χ1v) is 17.9. The number of methoxy groups -OCH3 is 1. The van der Waals surface area contributed by atoms with Gasteiger partial charge in [-0.05, 0) is 75.1 Å². The van der Waals surface area contributed by atoms with Crippen molar-refractivity contribution >= 4 is 51.9 Å². The number of unbranched alkanes of at least 4 members (excludes halogenated alkanes) is 7. The molecule has 0 unspecified atom stereocenters. The molecule has 6 rings (SSSR count). The normalized spacial score (nSPS) is 15.3. The summed E-state index contributed by atoms with van der Waals surface area (Å²) in [6.45, 7) is 3.73. The lowest BCUT2D eigenvalue weighted by Crippen LogP contribution is -2.35. The highest BCUT2D eigenvalue weighted by molar-refractivity contribution is 6.35. The van der Waals surface area contributed by atoms with Crippen molar-refractivity contribution in [2.24, 2.45) is 4.99 Å². The standard InChI is InChI=1S/C38H42Cl2N4O5/c1-25-42-32-15-14-28(21-29(32)38(46)44(25)34-16-13-26(39)20-31(34)40)48-18-9-7-5-3-4-6-8-10-19-49-36-23-33-30(22-35(36)47-2)37(45)43-17-11-12-27(43)24-41-33/h13-16,20-24,27H,3-12,17-19H2,1-2H3/t27-/m0/s1. The van der Waals surface area contributed by atoms with Gasteiger partial charge in [-0.2, -0.15) is 0 Å². The van der Waals surface area contributed by atoms with Crippen LogP contribution in [0.3, 0.4) is 0 Å². The minimum atomic E-state index is -0.204. The lowest BCUT2D eigenvalue weighted by molar-refractivity contribution is 0.0774. The predicted octanol–water partition coefficient (Wildman–Crippen LogP) is 8.91. The van der Waals surface area contributed by atoms with Crippen molar-refractivity contribution in [2.45, 2.75) is 77.2 Å². The summed E-state index contributed by atoms with van der Waals surface area (Å²) < 4.78 is 19.1. The van der Waals surface area contributed by atoms with Crippen molar-refractivity contribution in [2.75, 3.05) is 26.9 Å². The number of benzene rings is 3. The van der Waals surface area contributed by atoms with Crippen molar-refractivity contribution < 1.29 is 19.0 Å². The highest BCUT2D eigenvalue weighted by Crippen LogP contribution is 2.38. The zero-order valence-corrected chi connectivity index (χ0v) is 29.6. The van der Waals surface area contributed by atoms with Crippen LogP contribution >= 0.6 is 23.2 Å². The number of amides is 1. The van der Waals surface area contributed by atoms with E-state index in [0.717, 1.165) is 57.9 Å². The van der Waals surface area contributed by atoms with Gasteiger partial charge in [-0.3, -0.25) is 19.1 Å². The van der Waals surface area contributed by atoms with Crippen LogP contribution in [0, 0.1) is 6.92 Å². The number of hydrogen-bond acceptors (Lipinski definition) is 7. The van der Waals surface area contributed by atoms with E-state index in [4.69, 9.17) is 37.4 Å². The van der Waals surface area contributed by atoms with Gasteiger partial charge in [0.15, 0.2) is 11.5 Å². The van der Waals surface area contributed by atoms with Crippen LogP contribution in [0.1, 0.15) is 80.4 Å². The Hall–Kier alpha value is -4.08. The summed E-state index contributed by atoms with van der Waals surface area (Å²) in [4.78, 5) is 37.6.